The van der Waals surface area contributed by atoms with Crippen molar-refractivity contribution in [3.8, 4) is 0 Å². The Kier molecular flexibility index (Phi) is 6.36. The highest BCUT2D eigenvalue weighted by molar-refractivity contribution is 7.88. The molecule has 0 aliphatic rings. The Hall–Kier alpha value is -1.71. The van der Waals surface area contributed by atoms with E-state index in [-0.39, 0.29) is 6.54 Å². The van der Waals surface area contributed by atoms with Crippen molar-refractivity contribution in [2.24, 2.45) is 0 Å². The van der Waals surface area contributed by atoms with Crippen molar-refractivity contribution in [1.82, 2.24) is 19.3 Å². The maximum Gasteiger partial charge on any atom is 0.208 e. The molecule has 8 nitrogen and oxygen atoms in total. The van der Waals surface area contributed by atoms with Crippen molar-refractivity contribution in [3.63, 3.8) is 0 Å². The van der Waals surface area contributed by atoms with Crippen LogP contribution in [-0.4, -0.2) is 49.0 Å². The zero-order chi connectivity index (χ0) is 18.6. The van der Waals surface area contributed by atoms with Crippen LogP contribution in [0.25, 0.3) is 11.0 Å². The number of fused-ring (bicyclic) bond motifs is 1. The summed E-state index contributed by atoms with van der Waals surface area (Å²) in [7, 11) is -3.18. The Labute approximate surface area is 148 Å². The third-order valence-electron chi connectivity index (χ3n) is 4.02. The number of anilines is 1. The van der Waals surface area contributed by atoms with E-state index < -0.39 is 10.0 Å². The smallest absolute Gasteiger partial charge is 0.208 e. The molecule has 0 radical (unpaired) electrons. The average Bonchev–Trinajstić information content (AvgIpc) is 2.87. The highest BCUT2D eigenvalue weighted by Gasteiger charge is 2.17. The summed E-state index contributed by atoms with van der Waals surface area (Å²) in [5.74, 6) is 1.42. The molecule has 0 aromatic carbocycles. The van der Waals surface area contributed by atoms with Crippen LogP contribution in [0.1, 0.15) is 30.4 Å². The summed E-state index contributed by atoms with van der Waals surface area (Å²) in [6, 6.07) is 0. The number of hydrogen-bond acceptors (Lipinski definition) is 6. The minimum absolute atomic E-state index is 0.264. The molecule has 3 N–H and O–H groups in total. The van der Waals surface area contributed by atoms with Gasteiger partial charge in [0.2, 0.25) is 10.0 Å². The maximum atomic E-state index is 11.0. The molecule has 0 saturated heterocycles. The van der Waals surface area contributed by atoms with Crippen LogP contribution in [-0.2, 0) is 27.7 Å². The molecule has 0 aliphatic carbocycles. The van der Waals surface area contributed by atoms with Crippen molar-refractivity contribution >= 4 is 26.9 Å². The molecule has 0 amide bonds. The number of nitrogen functional groups attached to an aromatic ring is 1. The minimum atomic E-state index is -3.18. The fraction of sp³-hybridized carbons (Fsp3) is 0.625. The Bertz CT molecular complexity index is 845. The maximum absolute atomic E-state index is 11.0. The van der Waals surface area contributed by atoms with Gasteiger partial charge in [0.15, 0.2) is 5.82 Å². The van der Waals surface area contributed by atoms with E-state index in [0.29, 0.717) is 25.6 Å². The molecule has 2 heterocycles. The number of hydrogen-bond donors (Lipinski definition) is 2. The predicted octanol–water partition coefficient (Wildman–Crippen LogP) is 1.15. The van der Waals surface area contributed by atoms with Gasteiger partial charge >= 0.3 is 0 Å². The standard InChI is InChI=1S/C16H27N5O3S/c1-5-6-13-20-14-15(11(2)12(3)19-16(14)17)21(13)8-10-24-9-7-18-25(4,22)23/h18H,5-10H2,1-4H3,(H2,17,19). The summed E-state index contributed by atoms with van der Waals surface area (Å²) < 4.78 is 32.1. The molecular formula is C16H27N5O3S. The van der Waals surface area contributed by atoms with Crippen LogP contribution >= 0.6 is 0 Å². The summed E-state index contributed by atoms with van der Waals surface area (Å²) in [6.45, 7) is 7.76. The molecule has 0 bridgehead atoms. The van der Waals surface area contributed by atoms with Crippen LogP contribution in [0.2, 0.25) is 0 Å². The second kappa shape index (κ2) is 8.11. The fourth-order valence-corrected chi connectivity index (χ4v) is 3.21. The van der Waals surface area contributed by atoms with Crippen molar-refractivity contribution in [2.45, 2.75) is 40.2 Å². The van der Waals surface area contributed by atoms with Crippen molar-refractivity contribution in [3.05, 3.63) is 17.1 Å². The number of nitrogens with two attached hydrogens (primary N) is 1. The summed E-state index contributed by atoms with van der Waals surface area (Å²) in [6.07, 6.45) is 2.96. The van der Waals surface area contributed by atoms with Crippen LogP contribution in [0, 0.1) is 13.8 Å². The monoisotopic (exact) mass is 369 g/mol. The van der Waals surface area contributed by atoms with E-state index in [2.05, 4.69) is 26.2 Å². The quantitative estimate of drug-likeness (QED) is 0.641. The lowest BCUT2D eigenvalue weighted by Crippen LogP contribution is -2.26. The number of ether oxygens (including phenoxy) is 1. The van der Waals surface area contributed by atoms with Gasteiger partial charge in [-0.1, -0.05) is 6.92 Å². The number of nitrogens with zero attached hydrogens (tertiary/aromatic N) is 3. The molecule has 9 heteroatoms. The predicted molar refractivity (Wildman–Crippen MR) is 99.1 cm³/mol. The molecule has 0 aliphatic heterocycles. The van der Waals surface area contributed by atoms with Gasteiger partial charge < -0.3 is 15.0 Å². The average molecular weight is 369 g/mol. The van der Waals surface area contributed by atoms with Crippen molar-refractivity contribution in [1.29, 1.82) is 0 Å². The lowest BCUT2D eigenvalue weighted by Gasteiger charge is -2.12. The van der Waals surface area contributed by atoms with Gasteiger partial charge in [-0.15, -0.1) is 0 Å². The summed E-state index contributed by atoms with van der Waals surface area (Å²) in [5, 5.41) is 0. The number of sulfonamides is 1. The van der Waals surface area contributed by atoms with E-state index in [1.54, 1.807) is 0 Å². The first-order valence-corrected chi connectivity index (χ1v) is 10.3. The third kappa shape index (κ3) is 4.90. The first kappa shape index (κ1) is 19.6. The van der Waals surface area contributed by atoms with Crippen molar-refractivity contribution < 1.29 is 13.2 Å². The summed E-state index contributed by atoms with van der Waals surface area (Å²) in [5.41, 5.74) is 9.77. The van der Waals surface area contributed by atoms with Crippen LogP contribution < -0.4 is 10.5 Å². The van der Waals surface area contributed by atoms with Gasteiger partial charge in [-0.25, -0.2) is 23.1 Å². The van der Waals surface area contributed by atoms with Gasteiger partial charge in [-0.05, 0) is 25.8 Å². The Balaban J connectivity index is 2.14. The van der Waals surface area contributed by atoms with Gasteiger partial charge in [-0.3, -0.25) is 0 Å². The molecule has 0 unspecified atom stereocenters. The molecule has 2 rings (SSSR count). The molecule has 140 valence electrons. The van der Waals surface area contributed by atoms with Gasteiger partial charge in [0.05, 0.1) is 25.0 Å². The number of aromatic nitrogens is 3. The molecule has 0 spiro atoms. The number of aryl methyl sites for hydroxylation is 3. The van der Waals surface area contributed by atoms with E-state index in [1.807, 2.05) is 13.8 Å². The van der Waals surface area contributed by atoms with Crippen molar-refractivity contribution in [2.75, 3.05) is 31.7 Å². The van der Waals surface area contributed by atoms with E-state index in [4.69, 9.17) is 10.5 Å². The molecule has 0 saturated carbocycles. The number of pyridine rings is 1. The second-order valence-corrected chi connectivity index (χ2v) is 7.95. The minimum Gasteiger partial charge on any atom is -0.382 e. The summed E-state index contributed by atoms with van der Waals surface area (Å²) >= 11 is 0. The highest BCUT2D eigenvalue weighted by Crippen LogP contribution is 2.26. The molecular weight excluding hydrogens is 342 g/mol. The van der Waals surface area contributed by atoms with Gasteiger partial charge in [-0.2, -0.15) is 0 Å². The molecule has 2 aromatic heterocycles. The lowest BCUT2D eigenvalue weighted by atomic mass is 10.2. The molecule has 0 atom stereocenters. The Morgan fingerprint density at radius 1 is 1.24 bits per heavy atom. The Morgan fingerprint density at radius 2 is 1.96 bits per heavy atom. The molecule has 0 fully saturated rings. The van der Waals surface area contributed by atoms with Gasteiger partial charge in [0.25, 0.3) is 0 Å². The van der Waals surface area contributed by atoms with Crippen LogP contribution in [0.4, 0.5) is 5.82 Å². The van der Waals surface area contributed by atoms with Crippen LogP contribution in [0.15, 0.2) is 0 Å². The van der Waals surface area contributed by atoms with E-state index in [1.165, 1.54) is 0 Å². The number of imidazole rings is 1. The fourth-order valence-electron chi connectivity index (χ4n) is 2.76. The van der Waals surface area contributed by atoms with Crippen LogP contribution in [0.3, 0.4) is 0 Å². The number of rotatable bonds is 9. The Morgan fingerprint density at radius 3 is 2.60 bits per heavy atom. The van der Waals surface area contributed by atoms with Gasteiger partial charge in [0.1, 0.15) is 11.3 Å². The lowest BCUT2D eigenvalue weighted by molar-refractivity contribution is 0.131. The highest BCUT2D eigenvalue weighted by atomic mass is 32.2. The van der Waals surface area contributed by atoms with Gasteiger partial charge in [0, 0.05) is 25.2 Å². The first-order valence-electron chi connectivity index (χ1n) is 8.38. The third-order valence-corrected chi connectivity index (χ3v) is 4.75. The number of nitrogens with one attached hydrogen (secondary N) is 1. The van der Waals surface area contributed by atoms with E-state index in [0.717, 1.165) is 47.2 Å². The molecule has 2 aromatic rings. The van der Waals surface area contributed by atoms with E-state index >= 15 is 0 Å². The molecule has 25 heavy (non-hydrogen) atoms. The first-order chi connectivity index (χ1) is 11.7. The second-order valence-electron chi connectivity index (χ2n) is 6.11. The zero-order valence-electron chi connectivity index (χ0n) is 15.3. The SMILES string of the molecule is CCCc1nc2c(N)nc(C)c(C)c2n1CCOCCNS(C)(=O)=O. The largest absolute Gasteiger partial charge is 0.382 e. The normalized spacial score (nSPS) is 12.2. The zero-order valence-corrected chi connectivity index (χ0v) is 16.1. The van der Waals surface area contributed by atoms with Crippen LogP contribution in [0.5, 0.6) is 0 Å². The van der Waals surface area contributed by atoms with E-state index in [9.17, 15) is 8.42 Å². The summed E-state index contributed by atoms with van der Waals surface area (Å²) in [4.78, 5) is 9.04. The topological polar surface area (TPSA) is 112 Å².